The Balaban J connectivity index is 1.59. The Hall–Kier alpha value is -1.75. The molecule has 1 aliphatic heterocycles. The summed E-state index contributed by atoms with van der Waals surface area (Å²) < 4.78 is 15.9. The molecule has 0 radical (unpaired) electrons. The lowest BCUT2D eigenvalue weighted by atomic mass is 9.97. The molecule has 1 aromatic carbocycles. The second-order valence-electron chi connectivity index (χ2n) is 5.75. The summed E-state index contributed by atoms with van der Waals surface area (Å²) in [4.78, 5) is 14.1. The Morgan fingerprint density at radius 1 is 1.17 bits per heavy atom. The maximum Gasteiger partial charge on any atom is 0.309 e. The number of benzene rings is 1. The molecule has 0 aromatic heterocycles. The standard InChI is InChI=1S/C18H27NO4/c1-3-22-18(20)15-9-12-19(13-10-15)11-4-14-23-17-7-5-16(21-2)6-8-17/h5-8,15H,3-4,9-14H2,1-2H3. The predicted molar refractivity (Wildman–Crippen MR) is 88.9 cm³/mol. The maximum absolute atomic E-state index is 11.7. The van der Waals surface area contributed by atoms with Gasteiger partial charge in [0.05, 0.1) is 26.2 Å². The first-order chi connectivity index (χ1) is 11.2. The molecule has 0 atom stereocenters. The zero-order valence-corrected chi connectivity index (χ0v) is 14.1. The minimum atomic E-state index is -0.0324. The van der Waals surface area contributed by atoms with Crippen LogP contribution < -0.4 is 9.47 Å². The molecule has 0 amide bonds. The third kappa shape index (κ3) is 5.75. The van der Waals surface area contributed by atoms with E-state index in [1.54, 1.807) is 7.11 Å². The van der Waals surface area contributed by atoms with Crippen LogP contribution in [0.4, 0.5) is 0 Å². The van der Waals surface area contributed by atoms with Crippen LogP contribution in [0, 0.1) is 5.92 Å². The maximum atomic E-state index is 11.7. The van der Waals surface area contributed by atoms with Crippen molar-refractivity contribution in [2.75, 3.05) is 40.0 Å². The predicted octanol–water partition coefficient (Wildman–Crippen LogP) is 2.74. The van der Waals surface area contributed by atoms with Gasteiger partial charge < -0.3 is 19.1 Å². The number of piperidine rings is 1. The number of hydrogen-bond donors (Lipinski definition) is 0. The van der Waals surface area contributed by atoms with Crippen LogP contribution in [0.2, 0.25) is 0 Å². The van der Waals surface area contributed by atoms with Crippen LogP contribution in [0.3, 0.4) is 0 Å². The number of carbonyl (C=O) groups is 1. The van der Waals surface area contributed by atoms with Crippen molar-refractivity contribution in [2.45, 2.75) is 26.2 Å². The Labute approximate surface area is 138 Å². The molecule has 0 N–H and O–H groups in total. The van der Waals surface area contributed by atoms with Gasteiger partial charge in [0.15, 0.2) is 0 Å². The van der Waals surface area contributed by atoms with E-state index in [1.807, 2.05) is 31.2 Å². The second kappa shape index (κ2) is 9.40. The molecule has 5 heteroatoms. The van der Waals surface area contributed by atoms with Gasteiger partial charge in [-0.1, -0.05) is 0 Å². The molecule has 23 heavy (non-hydrogen) atoms. The van der Waals surface area contributed by atoms with Crippen LogP contribution in [0.1, 0.15) is 26.2 Å². The van der Waals surface area contributed by atoms with Gasteiger partial charge in [0.1, 0.15) is 11.5 Å². The summed E-state index contributed by atoms with van der Waals surface area (Å²) in [5.74, 6) is 1.75. The SMILES string of the molecule is CCOC(=O)C1CCN(CCCOc2ccc(OC)cc2)CC1. The van der Waals surface area contributed by atoms with Crippen molar-refractivity contribution in [3.63, 3.8) is 0 Å². The molecular weight excluding hydrogens is 294 g/mol. The fourth-order valence-electron chi connectivity index (χ4n) is 2.80. The van der Waals surface area contributed by atoms with Crippen molar-refractivity contribution in [3.8, 4) is 11.5 Å². The molecule has 1 aliphatic rings. The first-order valence-electron chi connectivity index (χ1n) is 8.38. The number of rotatable bonds is 8. The number of nitrogens with zero attached hydrogens (tertiary/aromatic N) is 1. The third-order valence-electron chi connectivity index (χ3n) is 4.15. The number of carbonyl (C=O) groups excluding carboxylic acids is 1. The topological polar surface area (TPSA) is 48.0 Å². The van der Waals surface area contributed by atoms with Crippen molar-refractivity contribution in [3.05, 3.63) is 24.3 Å². The summed E-state index contributed by atoms with van der Waals surface area (Å²) >= 11 is 0. The van der Waals surface area contributed by atoms with E-state index in [9.17, 15) is 4.79 Å². The molecule has 1 aromatic rings. The largest absolute Gasteiger partial charge is 0.497 e. The monoisotopic (exact) mass is 321 g/mol. The fourth-order valence-corrected chi connectivity index (χ4v) is 2.80. The molecule has 1 saturated heterocycles. The summed E-state index contributed by atoms with van der Waals surface area (Å²) in [6.45, 7) is 5.96. The zero-order chi connectivity index (χ0) is 16.5. The average Bonchev–Trinajstić information content (AvgIpc) is 2.60. The first-order valence-corrected chi connectivity index (χ1v) is 8.38. The Morgan fingerprint density at radius 2 is 1.83 bits per heavy atom. The van der Waals surface area contributed by atoms with Crippen molar-refractivity contribution < 1.29 is 19.0 Å². The van der Waals surface area contributed by atoms with Crippen molar-refractivity contribution in [1.82, 2.24) is 4.90 Å². The second-order valence-corrected chi connectivity index (χ2v) is 5.75. The number of esters is 1. The minimum Gasteiger partial charge on any atom is -0.497 e. The lowest BCUT2D eigenvalue weighted by Gasteiger charge is -2.30. The molecule has 128 valence electrons. The van der Waals surface area contributed by atoms with E-state index in [-0.39, 0.29) is 11.9 Å². The van der Waals surface area contributed by atoms with Gasteiger partial charge in [-0.05, 0) is 63.5 Å². The molecule has 0 aliphatic carbocycles. The van der Waals surface area contributed by atoms with Crippen LogP contribution in [0.25, 0.3) is 0 Å². The quantitative estimate of drug-likeness (QED) is 0.544. The summed E-state index contributed by atoms with van der Waals surface area (Å²) in [7, 11) is 1.65. The van der Waals surface area contributed by atoms with Crippen molar-refractivity contribution in [2.24, 2.45) is 5.92 Å². The van der Waals surface area contributed by atoms with Crippen molar-refractivity contribution >= 4 is 5.97 Å². The number of hydrogen-bond acceptors (Lipinski definition) is 5. The van der Waals surface area contributed by atoms with Gasteiger partial charge in [-0.2, -0.15) is 0 Å². The lowest BCUT2D eigenvalue weighted by molar-refractivity contribution is -0.149. The van der Waals surface area contributed by atoms with E-state index in [0.29, 0.717) is 13.2 Å². The van der Waals surface area contributed by atoms with Gasteiger partial charge in [-0.25, -0.2) is 0 Å². The van der Waals surface area contributed by atoms with Crippen LogP contribution in [0.5, 0.6) is 11.5 Å². The summed E-state index contributed by atoms with van der Waals surface area (Å²) in [6, 6.07) is 7.64. The van der Waals surface area contributed by atoms with Gasteiger partial charge in [0, 0.05) is 6.54 Å². The molecule has 1 fully saturated rings. The van der Waals surface area contributed by atoms with E-state index < -0.39 is 0 Å². The molecule has 0 unspecified atom stereocenters. The Bertz CT molecular complexity index is 466. The lowest BCUT2D eigenvalue weighted by Crippen LogP contribution is -2.37. The minimum absolute atomic E-state index is 0.0324. The van der Waals surface area contributed by atoms with Crippen LogP contribution in [-0.2, 0) is 9.53 Å². The highest BCUT2D eigenvalue weighted by molar-refractivity contribution is 5.72. The van der Waals surface area contributed by atoms with Crippen LogP contribution in [-0.4, -0.2) is 50.8 Å². The smallest absolute Gasteiger partial charge is 0.309 e. The van der Waals surface area contributed by atoms with Gasteiger partial charge >= 0.3 is 5.97 Å². The molecule has 5 nitrogen and oxygen atoms in total. The van der Waals surface area contributed by atoms with Crippen molar-refractivity contribution in [1.29, 1.82) is 0 Å². The van der Waals surface area contributed by atoms with E-state index >= 15 is 0 Å². The third-order valence-corrected chi connectivity index (χ3v) is 4.15. The molecule has 0 saturated carbocycles. The Kier molecular flexibility index (Phi) is 7.20. The molecule has 0 bridgehead atoms. The number of ether oxygens (including phenoxy) is 3. The zero-order valence-electron chi connectivity index (χ0n) is 14.1. The molecule has 2 rings (SSSR count). The number of methoxy groups -OCH3 is 1. The highest BCUT2D eigenvalue weighted by atomic mass is 16.5. The van der Waals surface area contributed by atoms with Gasteiger partial charge in [0.2, 0.25) is 0 Å². The van der Waals surface area contributed by atoms with E-state index in [2.05, 4.69) is 4.90 Å². The summed E-state index contributed by atoms with van der Waals surface area (Å²) in [6.07, 6.45) is 2.78. The van der Waals surface area contributed by atoms with E-state index in [0.717, 1.165) is 50.4 Å². The van der Waals surface area contributed by atoms with E-state index in [1.165, 1.54) is 0 Å². The van der Waals surface area contributed by atoms with Crippen LogP contribution in [0.15, 0.2) is 24.3 Å². The van der Waals surface area contributed by atoms with Gasteiger partial charge in [-0.3, -0.25) is 4.79 Å². The van der Waals surface area contributed by atoms with Gasteiger partial charge in [0.25, 0.3) is 0 Å². The molecular formula is C18H27NO4. The van der Waals surface area contributed by atoms with Crippen LogP contribution >= 0.6 is 0 Å². The summed E-state index contributed by atoms with van der Waals surface area (Å²) in [5, 5.41) is 0. The highest BCUT2D eigenvalue weighted by Gasteiger charge is 2.25. The Morgan fingerprint density at radius 3 is 2.43 bits per heavy atom. The number of likely N-dealkylation sites (tertiary alicyclic amines) is 1. The highest BCUT2D eigenvalue weighted by Crippen LogP contribution is 2.19. The van der Waals surface area contributed by atoms with E-state index in [4.69, 9.17) is 14.2 Å². The van der Waals surface area contributed by atoms with Gasteiger partial charge in [-0.15, -0.1) is 0 Å². The normalized spacial score (nSPS) is 16.1. The molecule has 0 spiro atoms. The fraction of sp³-hybridized carbons (Fsp3) is 0.611. The first kappa shape index (κ1) is 17.6. The summed E-state index contributed by atoms with van der Waals surface area (Å²) in [5.41, 5.74) is 0. The average molecular weight is 321 g/mol. The molecule has 1 heterocycles.